The first kappa shape index (κ1) is 29.2. The quantitative estimate of drug-likeness (QED) is 0.285. The zero-order chi connectivity index (χ0) is 26.4. The second kappa shape index (κ2) is 12.3. The number of hydrogen-bond donors (Lipinski definition) is 3. The molecule has 3 nitrogen and oxygen atoms in total. The van der Waals surface area contributed by atoms with Crippen LogP contribution >= 0.6 is 0 Å². The summed E-state index contributed by atoms with van der Waals surface area (Å²) in [6, 6.07) is 8.61. The maximum atomic E-state index is 11.7. The fourth-order valence-corrected chi connectivity index (χ4v) is 4.97. The molecule has 0 radical (unpaired) electrons. The van der Waals surface area contributed by atoms with Crippen molar-refractivity contribution < 1.29 is 15.3 Å². The number of aliphatic hydroxyl groups is 1. The van der Waals surface area contributed by atoms with Crippen LogP contribution in [0.2, 0.25) is 0 Å². The second-order valence-electron chi connectivity index (χ2n) is 11.9. The average molecular weight is 483 g/mol. The molecule has 1 unspecified atom stereocenters. The molecule has 0 heterocycles. The first-order chi connectivity index (χ1) is 16.4. The Morgan fingerprint density at radius 2 is 1.23 bits per heavy atom. The van der Waals surface area contributed by atoms with Crippen molar-refractivity contribution in [1.82, 2.24) is 0 Å². The molecule has 0 aliphatic heterocycles. The van der Waals surface area contributed by atoms with Crippen molar-refractivity contribution in [3.05, 3.63) is 57.6 Å². The van der Waals surface area contributed by atoms with Gasteiger partial charge in [-0.15, -0.1) is 0 Å². The molecule has 0 saturated heterocycles. The molecule has 2 aromatic rings. The number of aliphatic hydroxyl groups excluding tert-OH is 1. The maximum absolute atomic E-state index is 11.7. The van der Waals surface area contributed by atoms with Gasteiger partial charge in [-0.05, 0) is 66.0 Å². The zero-order valence-electron chi connectivity index (χ0n) is 23.6. The van der Waals surface area contributed by atoms with Crippen LogP contribution in [0, 0.1) is 0 Å². The predicted molar refractivity (Wildman–Crippen MR) is 149 cm³/mol. The fraction of sp³-hybridized carbons (Fsp3) is 0.625. The molecule has 0 spiro atoms. The van der Waals surface area contributed by atoms with Gasteiger partial charge < -0.3 is 15.3 Å². The molecular weight excluding hydrogens is 432 g/mol. The number of aromatic hydroxyl groups is 2. The van der Waals surface area contributed by atoms with Crippen LogP contribution in [0.25, 0.3) is 0 Å². The van der Waals surface area contributed by atoms with E-state index in [0.29, 0.717) is 17.9 Å². The van der Waals surface area contributed by atoms with Gasteiger partial charge in [0.2, 0.25) is 0 Å². The van der Waals surface area contributed by atoms with Gasteiger partial charge in [-0.25, -0.2) is 0 Å². The Bertz CT molecular complexity index is 966. The van der Waals surface area contributed by atoms with E-state index in [2.05, 4.69) is 79.7 Å². The SMILES string of the molecule is CCCCc1cc(C(CCC)c2cc(CCCO)cc(C(C)(C)CC)c2O)c(O)c(C(C)(C)C)c1. The van der Waals surface area contributed by atoms with Crippen molar-refractivity contribution in [2.75, 3.05) is 6.61 Å². The zero-order valence-corrected chi connectivity index (χ0v) is 23.6. The van der Waals surface area contributed by atoms with E-state index in [4.69, 9.17) is 0 Å². The van der Waals surface area contributed by atoms with Crippen molar-refractivity contribution in [2.45, 2.75) is 124 Å². The van der Waals surface area contributed by atoms with Crippen LogP contribution in [0.5, 0.6) is 11.5 Å². The van der Waals surface area contributed by atoms with Crippen LogP contribution in [0.4, 0.5) is 0 Å². The van der Waals surface area contributed by atoms with Gasteiger partial charge in [0.25, 0.3) is 0 Å². The number of benzene rings is 2. The largest absolute Gasteiger partial charge is 0.507 e. The van der Waals surface area contributed by atoms with Gasteiger partial charge in [-0.3, -0.25) is 0 Å². The molecule has 0 aliphatic carbocycles. The van der Waals surface area contributed by atoms with E-state index in [1.165, 1.54) is 5.56 Å². The topological polar surface area (TPSA) is 60.7 Å². The van der Waals surface area contributed by atoms with Crippen molar-refractivity contribution in [1.29, 1.82) is 0 Å². The Balaban J connectivity index is 2.84. The molecule has 3 N–H and O–H groups in total. The van der Waals surface area contributed by atoms with Gasteiger partial charge in [0.1, 0.15) is 11.5 Å². The summed E-state index contributed by atoms with van der Waals surface area (Å²) >= 11 is 0. The van der Waals surface area contributed by atoms with Crippen LogP contribution in [-0.2, 0) is 23.7 Å². The second-order valence-corrected chi connectivity index (χ2v) is 11.9. The van der Waals surface area contributed by atoms with Gasteiger partial charge in [0.15, 0.2) is 0 Å². The minimum absolute atomic E-state index is 0.0943. The Hall–Kier alpha value is -2.00. The highest BCUT2D eigenvalue weighted by Gasteiger charge is 2.30. The minimum Gasteiger partial charge on any atom is -0.507 e. The maximum Gasteiger partial charge on any atom is 0.123 e. The molecular formula is C32H50O3. The first-order valence-electron chi connectivity index (χ1n) is 13.7. The van der Waals surface area contributed by atoms with Gasteiger partial charge in [0.05, 0.1) is 0 Å². The van der Waals surface area contributed by atoms with E-state index in [1.807, 2.05) is 0 Å². The van der Waals surface area contributed by atoms with E-state index in [-0.39, 0.29) is 23.4 Å². The summed E-state index contributed by atoms with van der Waals surface area (Å²) in [5.41, 5.74) is 5.82. The summed E-state index contributed by atoms with van der Waals surface area (Å²) in [6.45, 7) is 17.5. The van der Waals surface area contributed by atoms with E-state index >= 15 is 0 Å². The van der Waals surface area contributed by atoms with Crippen LogP contribution in [-0.4, -0.2) is 21.9 Å². The fourth-order valence-electron chi connectivity index (χ4n) is 4.97. The lowest BCUT2D eigenvalue weighted by atomic mass is 9.75. The van der Waals surface area contributed by atoms with Crippen molar-refractivity contribution in [2.24, 2.45) is 0 Å². The van der Waals surface area contributed by atoms with Gasteiger partial charge >= 0.3 is 0 Å². The Morgan fingerprint density at radius 3 is 1.69 bits per heavy atom. The van der Waals surface area contributed by atoms with Crippen molar-refractivity contribution >= 4 is 0 Å². The molecule has 0 saturated carbocycles. The Morgan fingerprint density at radius 1 is 0.714 bits per heavy atom. The molecule has 0 fully saturated rings. The van der Waals surface area contributed by atoms with Crippen LogP contribution in [0.1, 0.15) is 133 Å². The lowest BCUT2D eigenvalue weighted by molar-refractivity contribution is 0.288. The third-order valence-electron chi connectivity index (χ3n) is 7.59. The van der Waals surface area contributed by atoms with Gasteiger partial charge in [-0.1, -0.05) is 92.5 Å². The molecule has 0 aromatic heterocycles. The monoisotopic (exact) mass is 482 g/mol. The lowest BCUT2D eigenvalue weighted by Crippen LogP contribution is -2.18. The van der Waals surface area contributed by atoms with E-state index < -0.39 is 0 Å². The van der Waals surface area contributed by atoms with E-state index in [9.17, 15) is 15.3 Å². The molecule has 2 aromatic carbocycles. The Kier molecular flexibility index (Phi) is 10.3. The third-order valence-corrected chi connectivity index (χ3v) is 7.59. The molecule has 2 rings (SSSR count). The van der Waals surface area contributed by atoms with Crippen molar-refractivity contribution in [3.63, 3.8) is 0 Å². The number of aryl methyl sites for hydroxylation is 2. The number of rotatable bonds is 12. The summed E-state index contributed by atoms with van der Waals surface area (Å²) < 4.78 is 0. The number of hydrogen-bond acceptors (Lipinski definition) is 3. The smallest absolute Gasteiger partial charge is 0.123 e. The normalized spacial score (nSPS) is 13.3. The summed E-state index contributed by atoms with van der Waals surface area (Å²) in [5.74, 6) is 0.634. The highest BCUT2D eigenvalue weighted by atomic mass is 16.3. The number of unbranched alkanes of at least 4 members (excludes halogenated alkanes) is 1. The highest BCUT2D eigenvalue weighted by molar-refractivity contribution is 5.56. The summed E-state index contributed by atoms with van der Waals surface area (Å²) in [4.78, 5) is 0. The molecule has 35 heavy (non-hydrogen) atoms. The van der Waals surface area contributed by atoms with Crippen LogP contribution in [0.3, 0.4) is 0 Å². The summed E-state index contributed by atoms with van der Waals surface area (Å²) in [6.07, 6.45) is 7.39. The first-order valence-corrected chi connectivity index (χ1v) is 13.7. The van der Waals surface area contributed by atoms with Crippen LogP contribution in [0.15, 0.2) is 24.3 Å². The third kappa shape index (κ3) is 7.03. The predicted octanol–water partition coefficient (Wildman–Crippen LogP) is 8.28. The van der Waals surface area contributed by atoms with Crippen LogP contribution < -0.4 is 0 Å². The standard InChI is InChI=1S/C32H50O3/c1-9-12-15-22-18-25(29(34)27(20-22)31(4,5)6)24(14-10-2)26-19-23(16-13-17-33)21-28(30(26)35)32(7,8)11-3/h18-21,24,33-35H,9-17H2,1-8H3. The number of phenolic OH excluding ortho intramolecular Hbond substituents is 2. The Labute approximate surface area is 214 Å². The minimum atomic E-state index is -0.182. The molecule has 0 bridgehead atoms. The van der Waals surface area contributed by atoms with E-state index in [1.54, 1.807) is 0 Å². The molecule has 0 amide bonds. The summed E-state index contributed by atoms with van der Waals surface area (Å²) in [5, 5.41) is 32.7. The molecule has 1 atom stereocenters. The molecule has 0 aliphatic rings. The van der Waals surface area contributed by atoms with Gasteiger partial charge in [-0.2, -0.15) is 0 Å². The molecule has 196 valence electrons. The molecule has 3 heteroatoms. The lowest BCUT2D eigenvalue weighted by Gasteiger charge is -2.30. The van der Waals surface area contributed by atoms with Gasteiger partial charge in [0, 0.05) is 29.2 Å². The van der Waals surface area contributed by atoms with Crippen molar-refractivity contribution in [3.8, 4) is 11.5 Å². The summed E-state index contributed by atoms with van der Waals surface area (Å²) in [7, 11) is 0. The van der Waals surface area contributed by atoms with E-state index in [0.717, 1.165) is 72.8 Å². The average Bonchev–Trinajstić information content (AvgIpc) is 2.80. The highest BCUT2D eigenvalue weighted by Crippen LogP contribution is 2.47. The number of phenols is 2.